The van der Waals surface area contributed by atoms with Crippen LogP contribution < -0.4 is 0 Å². The Bertz CT molecular complexity index is 879. The van der Waals surface area contributed by atoms with E-state index in [2.05, 4.69) is 17.1 Å². The Hall–Kier alpha value is -2.89. The SMILES string of the molecule is Cc1ocnc1C(=O)N1CCC2(CC1)CC(=O)N(C/C=C/c1ccccc1)C2. The van der Waals surface area contributed by atoms with Crippen molar-refractivity contribution in [2.24, 2.45) is 5.41 Å². The molecule has 1 aromatic heterocycles. The molecule has 0 N–H and O–H groups in total. The van der Waals surface area contributed by atoms with Gasteiger partial charge in [0.25, 0.3) is 5.91 Å². The van der Waals surface area contributed by atoms with E-state index in [9.17, 15) is 9.59 Å². The zero-order valence-corrected chi connectivity index (χ0v) is 16.1. The maximum atomic E-state index is 12.6. The summed E-state index contributed by atoms with van der Waals surface area (Å²) >= 11 is 0. The lowest BCUT2D eigenvalue weighted by molar-refractivity contribution is -0.127. The predicted molar refractivity (Wildman–Crippen MR) is 105 cm³/mol. The van der Waals surface area contributed by atoms with Gasteiger partial charge in [0.2, 0.25) is 5.91 Å². The summed E-state index contributed by atoms with van der Waals surface area (Å²) in [6.45, 7) is 4.48. The number of likely N-dealkylation sites (tertiary alicyclic amines) is 2. The molecule has 2 aromatic rings. The molecule has 2 aliphatic heterocycles. The molecule has 0 radical (unpaired) electrons. The monoisotopic (exact) mass is 379 g/mol. The van der Waals surface area contributed by atoms with Gasteiger partial charge in [0.1, 0.15) is 5.76 Å². The van der Waals surface area contributed by atoms with Crippen LogP contribution in [0.25, 0.3) is 6.08 Å². The standard InChI is InChI=1S/C22H25N3O3/c1-17-20(23-16-28-17)21(27)24-12-9-22(10-13-24)14-19(26)25(15-22)11-5-8-18-6-3-2-4-7-18/h2-8,16H,9-15H2,1H3/b8-5+. The summed E-state index contributed by atoms with van der Waals surface area (Å²) in [6.07, 6.45) is 7.69. The molecule has 2 amide bonds. The Morgan fingerprint density at radius 2 is 2.00 bits per heavy atom. The first-order valence-corrected chi connectivity index (χ1v) is 9.75. The van der Waals surface area contributed by atoms with E-state index < -0.39 is 0 Å². The van der Waals surface area contributed by atoms with Gasteiger partial charge in [-0.2, -0.15) is 0 Å². The third-order valence-corrected chi connectivity index (χ3v) is 5.90. The van der Waals surface area contributed by atoms with Crippen molar-refractivity contribution in [3.63, 3.8) is 0 Å². The summed E-state index contributed by atoms with van der Waals surface area (Å²) < 4.78 is 5.15. The molecule has 0 atom stereocenters. The highest BCUT2D eigenvalue weighted by molar-refractivity contribution is 5.93. The van der Waals surface area contributed by atoms with Crippen LogP contribution in [0.5, 0.6) is 0 Å². The van der Waals surface area contributed by atoms with Gasteiger partial charge in [0.05, 0.1) is 0 Å². The third-order valence-electron chi connectivity index (χ3n) is 5.90. The van der Waals surface area contributed by atoms with Gasteiger partial charge < -0.3 is 14.2 Å². The first-order valence-electron chi connectivity index (χ1n) is 9.75. The van der Waals surface area contributed by atoms with Crippen LogP contribution in [0.4, 0.5) is 0 Å². The van der Waals surface area contributed by atoms with Crippen LogP contribution in [-0.4, -0.2) is 52.8 Å². The molecule has 1 aromatic carbocycles. The van der Waals surface area contributed by atoms with Crippen molar-refractivity contribution in [3.05, 3.63) is 59.8 Å². The second-order valence-electron chi connectivity index (χ2n) is 7.81. The summed E-state index contributed by atoms with van der Waals surface area (Å²) in [5.74, 6) is 0.690. The van der Waals surface area contributed by atoms with E-state index in [1.807, 2.05) is 40.1 Å². The summed E-state index contributed by atoms with van der Waals surface area (Å²) in [5.41, 5.74) is 1.53. The molecule has 0 bridgehead atoms. The van der Waals surface area contributed by atoms with Gasteiger partial charge >= 0.3 is 0 Å². The first kappa shape index (κ1) is 18.5. The lowest BCUT2D eigenvalue weighted by Gasteiger charge is -2.38. The second kappa shape index (κ2) is 7.62. The van der Waals surface area contributed by atoms with Gasteiger partial charge in [-0.05, 0) is 25.3 Å². The number of oxazole rings is 1. The van der Waals surface area contributed by atoms with Crippen LogP contribution in [0.3, 0.4) is 0 Å². The van der Waals surface area contributed by atoms with Gasteiger partial charge in [0, 0.05) is 38.0 Å². The zero-order valence-electron chi connectivity index (χ0n) is 16.1. The summed E-state index contributed by atoms with van der Waals surface area (Å²) in [5, 5.41) is 0. The average Bonchev–Trinajstić information content (AvgIpc) is 3.26. The average molecular weight is 379 g/mol. The van der Waals surface area contributed by atoms with Gasteiger partial charge in [0.15, 0.2) is 12.1 Å². The van der Waals surface area contributed by atoms with Gasteiger partial charge in [-0.25, -0.2) is 4.98 Å². The highest BCUT2D eigenvalue weighted by Crippen LogP contribution is 2.41. The number of aromatic nitrogens is 1. The highest BCUT2D eigenvalue weighted by Gasteiger charge is 2.45. The fourth-order valence-electron chi connectivity index (χ4n) is 4.21. The van der Waals surface area contributed by atoms with Gasteiger partial charge in [-0.1, -0.05) is 42.5 Å². The Morgan fingerprint density at radius 3 is 2.68 bits per heavy atom. The smallest absolute Gasteiger partial charge is 0.276 e. The van der Waals surface area contributed by atoms with Crippen LogP contribution in [0, 0.1) is 12.3 Å². The molecular weight excluding hydrogens is 354 g/mol. The number of amides is 2. The minimum Gasteiger partial charge on any atom is -0.448 e. The van der Waals surface area contributed by atoms with E-state index in [1.165, 1.54) is 6.39 Å². The minimum atomic E-state index is -0.0759. The second-order valence-corrected chi connectivity index (χ2v) is 7.81. The Kier molecular flexibility index (Phi) is 5.03. The van der Waals surface area contributed by atoms with Crippen LogP contribution in [0.1, 0.15) is 41.1 Å². The number of piperidine rings is 1. The molecule has 0 aliphatic carbocycles. The fraction of sp³-hybridized carbons (Fsp3) is 0.409. The summed E-state index contributed by atoms with van der Waals surface area (Å²) in [4.78, 5) is 32.9. The molecule has 1 spiro atoms. The Morgan fingerprint density at radius 1 is 1.25 bits per heavy atom. The van der Waals surface area contributed by atoms with E-state index in [4.69, 9.17) is 4.42 Å². The van der Waals surface area contributed by atoms with Crippen LogP contribution in [0.15, 0.2) is 47.2 Å². The Labute approximate surface area is 164 Å². The molecule has 2 aliphatic rings. The predicted octanol–water partition coefficient (Wildman–Crippen LogP) is 3.15. The zero-order chi connectivity index (χ0) is 19.6. The number of aryl methyl sites for hydroxylation is 1. The van der Waals surface area contributed by atoms with Crippen molar-refractivity contribution in [1.29, 1.82) is 0 Å². The molecule has 0 saturated carbocycles. The number of carbonyl (C=O) groups is 2. The molecule has 2 fully saturated rings. The van der Waals surface area contributed by atoms with E-state index >= 15 is 0 Å². The van der Waals surface area contributed by atoms with Crippen molar-refractivity contribution in [3.8, 4) is 0 Å². The van der Waals surface area contributed by atoms with Crippen molar-refractivity contribution < 1.29 is 14.0 Å². The quantitative estimate of drug-likeness (QED) is 0.818. The molecule has 2 saturated heterocycles. The summed E-state index contributed by atoms with van der Waals surface area (Å²) in [6, 6.07) is 10.1. The minimum absolute atomic E-state index is 0.00663. The van der Waals surface area contributed by atoms with Crippen molar-refractivity contribution in [2.45, 2.75) is 26.2 Å². The maximum absolute atomic E-state index is 12.6. The van der Waals surface area contributed by atoms with E-state index in [0.717, 1.165) is 24.9 Å². The topological polar surface area (TPSA) is 66.7 Å². The van der Waals surface area contributed by atoms with E-state index in [-0.39, 0.29) is 17.2 Å². The number of hydrogen-bond donors (Lipinski definition) is 0. The fourth-order valence-corrected chi connectivity index (χ4v) is 4.21. The number of rotatable bonds is 4. The van der Waals surface area contributed by atoms with E-state index in [1.54, 1.807) is 6.92 Å². The number of carbonyl (C=O) groups excluding carboxylic acids is 2. The Balaban J connectivity index is 1.33. The van der Waals surface area contributed by atoms with Crippen LogP contribution in [-0.2, 0) is 4.79 Å². The number of nitrogens with zero attached hydrogens (tertiary/aromatic N) is 3. The maximum Gasteiger partial charge on any atom is 0.276 e. The molecule has 0 unspecified atom stereocenters. The van der Waals surface area contributed by atoms with Crippen molar-refractivity contribution >= 4 is 17.9 Å². The highest BCUT2D eigenvalue weighted by atomic mass is 16.3. The molecule has 4 rings (SSSR count). The largest absolute Gasteiger partial charge is 0.448 e. The lowest BCUT2D eigenvalue weighted by atomic mass is 9.77. The summed E-state index contributed by atoms with van der Waals surface area (Å²) in [7, 11) is 0. The third kappa shape index (κ3) is 3.72. The van der Waals surface area contributed by atoms with Gasteiger partial charge in [-0.15, -0.1) is 0 Å². The molecule has 3 heterocycles. The van der Waals surface area contributed by atoms with Crippen molar-refractivity contribution in [2.75, 3.05) is 26.2 Å². The normalized spacial score (nSPS) is 19.1. The van der Waals surface area contributed by atoms with Crippen LogP contribution >= 0.6 is 0 Å². The van der Waals surface area contributed by atoms with E-state index in [0.29, 0.717) is 37.5 Å². The van der Waals surface area contributed by atoms with Crippen LogP contribution in [0.2, 0.25) is 0 Å². The first-order chi connectivity index (χ1) is 13.6. The molecule has 28 heavy (non-hydrogen) atoms. The lowest BCUT2D eigenvalue weighted by Crippen LogP contribution is -2.44. The molecule has 6 heteroatoms. The number of hydrogen-bond acceptors (Lipinski definition) is 4. The molecular formula is C22H25N3O3. The molecule has 146 valence electrons. The molecule has 6 nitrogen and oxygen atoms in total. The number of benzene rings is 1. The van der Waals surface area contributed by atoms with Crippen molar-refractivity contribution in [1.82, 2.24) is 14.8 Å². The van der Waals surface area contributed by atoms with Gasteiger partial charge in [-0.3, -0.25) is 9.59 Å².